The van der Waals surface area contributed by atoms with Gasteiger partial charge >= 0.3 is 0 Å². The van der Waals surface area contributed by atoms with E-state index in [4.69, 9.17) is 21.3 Å². The van der Waals surface area contributed by atoms with Crippen LogP contribution in [0.25, 0.3) is 20.4 Å². The van der Waals surface area contributed by atoms with Crippen molar-refractivity contribution in [1.29, 1.82) is 0 Å². The predicted molar refractivity (Wildman–Crippen MR) is 94.7 cm³/mol. The van der Waals surface area contributed by atoms with Crippen molar-refractivity contribution >= 4 is 43.4 Å². The first-order chi connectivity index (χ1) is 11.0. The molecule has 1 aliphatic rings. The second-order valence-electron chi connectivity index (χ2n) is 6.87. The van der Waals surface area contributed by atoms with E-state index < -0.39 is 0 Å². The Morgan fingerprint density at radius 2 is 2.17 bits per heavy atom. The summed E-state index contributed by atoms with van der Waals surface area (Å²) in [5.41, 5.74) is 3.30. The molecule has 4 heterocycles. The van der Waals surface area contributed by atoms with Crippen molar-refractivity contribution in [2.45, 2.75) is 40.0 Å². The van der Waals surface area contributed by atoms with Crippen molar-refractivity contribution in [2.75, 3.05) is 6.61 Å². The van der Waals surface area contributed by atoms with Gasteiger partial charge in [0.2, 0.25) is 0 Å². The number of thiophene rings is 1. The molecule has 0 atom stereocenters. The number of nitrogens with zero attached hydrogens (tertiary/aromatic N) is 3. The third-order valence-corrected chi connectivity index (χ3v) is 5.71. The number of pyridine rings is 1. The Balaban J connectivity index is 2.11. The fraction of sp³-hybridized carbons (Fsp3) is 0.471. The Morgan fingerprint density at radius 3 is 2.96 bits per heavy atom. The quantitative estimate of drug-likeness (QED) is 0.624. The molecule has 0 N–H and O–H groups in total. The number of hydrogen-bond acceptors (Lipinski definition) is 5. The molecular formula is C17H18ClN3OS. The molecule has 0 spiro atoms. The van der Waals surface area contributed by atoms with E-state index in [1.165, 1.54) is 11.9 Å². The van der Waals surface area contributed by atoms with Gasteiger partial charge in [0.1, 0.15) is 22.1 Å². The second kappa shape index (κ2) is 5.28. The van der Waals surface area contributed by atoms with Gasteiger partial charge in [0.05, 0.1) is 22.5 Å². The summed E-state index contributed by atoms with van der Waals surface area (Å²) >= 11 is 7.85. The maximum atomic E-state index is 6.27. The zero-order valence-electron chi connectivity index (χ0n) is 13.4. The summed E-state index contributed by atoms with van der Waals surface area (Å²) < 4.78 is 7.06. The van der Waals surface area contributed by atoms with Crippen LogP contribution in [0.3, 0.4) is 0 Å². The Bertz CT molecular complexity index is 919. The van der Waals surface area contributed by atoms with Crippen LogP contribution < -0.4 is 4.74 Å². The van der Waals surface area contributed by atoms with Crippen LogP contribution in [-0.2, 0) is 12.8 Å². The molecule has 23 heavy (non-hydrogen) atoms. The highest BCUT2D eigenvalue weighted by Crippen LogP contribution is 2.45. The van der Waals surface area contributed by atoms with E-state index in [1.54, 1.807) is 11.3 Å². The van der Waals surface area contributed by atoms with Crippen LogP contribution in [0.2, 0.25) is 5.15 Å². The SMILES string of the molecule is CCCc1nc2sc3c(Cl)ncnc3c2c2c1OCC(C)(C)C2. The molecule has 1 aliphatic heterocycles. The minimum Gasteiger partial charge on any atom is -0.491 e. The fourth-order valence-corrected chi connectivity index (χ4v) is 4.53. The highest BCUT2D eigenvalue weighted by atomic mass is 35.5. The minimum absolute atomic E-state index is 0.107. The molecule has 0 radical (unpaired) electrons. The summed E-state index contributed by atoms with van der Waals surface area (Å²) in [6, 6.07) is 0. The van der Waals surface area contributed by atoms with Gasteiger partial charge in [0, 0.05) is 16.4 Å². The molecule has 4 nitrogen and oxygen atoms in total. The van der Waals surface area contributed by atoms with Crippen LogP contribution in [0.5, 0.6) is 5.75 Å². The lowest BCUT2D eigenvalue weighted by Crippen LogP contribution is -2.29. The highest BCUT2D eigenvalue weighted by Gasteiger charge is 2.32. The molecule has 0 aromatic carbocycles. The van der Waals surface area contributed by atoms with Crippen LogP contribution in [0.4, 0.5) is 0 Å². The first kappa shape index (κ1) is 15.1. The summed E-state index contributed by atoms with van der Waals surface area (Å²) in [5.74, 6) is 0.966. The van der Waals surface area contributed by atoms with Gasteiger partial charge in [-0.1, -0.05) is 38.8 Å². The Labute approximate surface area is 143 Å². The van der Waals surface area contributed by atoms with Crippen molar-refractivity contribution in [2.24, 2.45) is 5.41 Å². The molecule has 0 bridgehead atoms. The molecule has 120 valence electrons. The van der Waals surface area contributed by atoms with E-state index in [-0.39, 0.29) is 5.41 Å². The van der Waals surface area contributed by atoms with Gasteiger partial charge < -0.3 is 4.74 Å². The Hall–Kier alpha value is -1.46. The van der Waals surface area contributed by atoms with Gasteiger partial charge in [-0.05, 0) is 12.8 Å². The normalized spacial score (nSPS) is 16.5. The van der Waals surface area contributed by atoms with Crippen molar-refractivity contribution in [3.63, 3.8) is 0 Å². The lowest BCUT2D eigenvalue weighted by molar-refractivity contribution is 0.154. The summed E-state index contributed by atoms with van der Waals surface area (Å²) in [4.78, 5) is 14.5. The Kier molecular flexibility index (Phi) is 3.46. The zero-order chi connectivity index (χ0) is 16.2. The molecule has 0 saturated heterocycles. The van der Waals surface area contributed by atoms with Crippen molar-refractivity contribution in [1.82, 2.24) is 15.0 Å². The van der Waals surface area contributed by atoms with Gasteiger partial charge in [-0.2, -0.15) is 0 Å². The van der Waals surface area contributed by atoms with Crippen LogP contribution in [-0.4, -0.2) is 21.6 Å². The monoisotopic (exact) mass is 347 g/mol. The lowest BCUT2D eigenvalue weighted by atomic mass is 9.83. The summed E-state index contributed by atoms with van der Waals surface area (Å²) in [6.45, 7) is 7.36. The molecule has 0 fully saturated rings. The minimum atomic E-state index is 0.107. The smallest absolute Gasteiger partial charge is 0.150 e. The predicted octanol–water partition coefficient (Wildman–Crippen LogP) is 4.81. The second-order valence-corrected chi connectivity index (χ2v) is 8.23. The van der Waals surface area contributed by atoms with Crippen LogP contribution >= 0.6 is 22.9 Å². The van der Waals surface area contributed by atoms with E-state index >= 15 is 0 Å². The van der Waals surface area contributed by atoms with Crippen LogP contribution in [0.1, 0.15) is 38.4 Å². The maximum absolute atomic E-state index is 6.27. The molecule has 0 aliphatic carbocycles. The molecule has 3 aromatic rings. The molecular weight excluding hydrogens is 330 g/mol. The first-order valence-corrected chi connectivity index (χ1v) is 9.07. The molecule has 0 saturated carbocycles. The number of aromatic nitrogens is 3. The standard InChI is InChI=1S/C17H18ClN3OS/c1-4-5-10-13-9(6-17(2,3)7-22-13)11-12-14(23-16(11)21-10)15(18)20-8-19-12/h8H,4-7H2,1-3H3. The maximum Gasteiger partial charge on any atom is 0.150 e. The van der Waals surface area contributed by atoms with Crippen LogP contribution in [0, 0.1) is 5.41 Å². The molecule has 0 amide bonds. The molecule has 6 heteroatoms. The number of hydrogen-bond donors (Lipinski definition) is 0. The van der Waals surface area contributed by atoms with Gasteiger partial charge in [0.25, 0.3) is 0 Å². The van der Waals surface area contributed by atoms with E-state index in [0.29, 0.717) is 5.15 Å². The third-order valence-electron chi connectivity index (χ3n) is 4.23. The number of halogens is 1. The molecule has 0 unspecified atom stereocenters. The summed E-state index contributed by atoms with van der Waals surface area (Å²) in [6.07, 6.45) is 4.46. The zero-order valence-corrected chi connectivity index (χ0v) is 15.0. The summed E-state index contributed by atoms with van der Waals surface area (Å²) in [5, 5.41) is 1.59. The van der Waals surface area contributed by atoms with Crippen LogP contribution in [0.15, 0.2) is 6.33 Å². The molecule has 4 rings (SSSR count). The van der Waals surface area contributed by atoms with Gasteiger partial charge in [-0.3, -0.25) is 0 Å². The number of fused-ring (bicyclic) bond motifs is 5. The number of aryl methyl sites for hydroxylation is 1. The van der Waals surface area contributed by atoms with Crippen molar-refractivity contribution in [3.8, 4) is 5.75 Å². The van der Waals surface area contributed by atoms with Crippen molar-refractivity contribution in [3.05, 3.63) is 22.7 Å². The topological polar surface area (TPSA) is 47.9 Å². The van der Waals surface area contributed by atoms with E-state index in [9.17, 15) is 0 Å². The van der Waals surface area contributed by atoms with E-state index in [0.717, 1.165) is 57.7 Å². The van der Waals surface area contributed by atoms with Gasteiger partial charge in [-0.15, -0.1) is 11.3 Å². The fourth-order valence-electron chi connectivity index (χ4n) is 3.22. The number of rotatable bonds is 2. The number of ether oxygens (including phenoxy) is 1. The third kappa shape index (κ3) is 2.37. The summed E-state index contributed by atoms with van der Waals surface area (Å²) in [7, 11) is 0. The van der Waals surface area contributed by atoms with E-state index in [1.807, 2.05) is 0 Å². The Morgan fingerprint density at radius 1 is 1.35 bits per heavy atom. The van der Waals surface area contributed by atoms with E-state index in [2.05, 4.69) is 30.7 Å². The largest absolute Gasteiger partial charge is 0.491 e. The first-order valence-electron chi connectivity index (χ1n) is 7.87. The van der Waals surface area contributed by atoms with Gasteiger partial charge in [0.15, 0.2) is 0 Å². The van der Waals surface area contributed by atoms with Gasteiger partial charge in [-0.25, -0.2) is 15.0 Å². The average Bonchev–Trinajstić information content (AvgIpc) is 2.86. The van der Waals surface area contributed by atoms with Crippen molar-refractivity contribution < 1.29 is 4.74 Å². The lowest BCUT2D eigenvalue weighted by Gasteiger charge is -2.32. The average molecular weight is 348 g/mol. The molecule has 3 aromatic heterocycles. The highest BCUT2D eigenvalue weighted by molar-refractivity contribution is 7.26.